The van der Waals surface area contributed by atoms with Gasteiger partial charge in [0.05, 0.1) is 0 Å². The number of nitro groups is 1. The Bertz CT molecular complexity index is 149. The Kier molecular flexibility index (Phi) is 5.18. The second-order valence-electron chi connectivity index (χ2n) is 1.41. The van der Waals surface area contributed by atoms with Crippen molar-refractivity contribution in [3.8, 4) is 0 Å². The highest BCUT2D eigenvalue weighted by molar-refractivity contribution is 6.17. The van der Waals surface area contributed by atoms with Crippen LogP contribution in [0.15, 0.2) is 0 Å². The molecule has 0 aliphatic heterocycles. The van der Waals surface area contributed by atoms with Crippen molar-refractivity contribution in [1.29, 1.82) is 0 Å². The molecule has 0 spiro atoms. The molecule has 0 heterocycles. The summed E-state index contributed by atoms with van der Waals surface area (Å²) >= 11 is 4.98. The van der Waals surface area contributed by atoms with Crippen LogP contribution in [-0.4, -0.2) is 30.3 Å². The van der Waals surface area contributed by atoms with Crippen LogP contribution >= 0.6 is 11.6 Å². The molecule has 11 heavy (non-hydrogen) atoms. The summed E-state index contributed by atoms with van der Waals surface area (Å²) in [5.41, 5.74) is 0. The average Bonchev–Trinajstić information content (AvgIpc) is 1.87. The molecule has 0 aromatic heterocycles. The lowest BCUT2D eigenvalue weighted by Gasteiger charge is -1.99. The van der Waals surface area contributed by atoms with Crippen LogP contribution < -0.4 is 0 Å². The molecule has 0 bridgehead atoms. The molecule has 0 saturated carbocycles. The predicted octanol–water partition coefficient (Wildman–Crippen LogP) is 0.613. The fourth-order valence-corrected chi connectivity index (χ4v) is 0.379. The molecule has 6 nitrogen and oxygen atoms in total. The normalized spacial score (nSPS) is 8.82. The van der Waals surface area contributed by atoms with E-state index in [1.807, 2.05) is 0 Å². The number of carbonyl (C=O) groups excluding carboxylic acids is 1. The SMILES string of the molecule is O=C(OCCl)OCC[N+](=O)[O-]. The lowest BCUT2D eigenvalue weighted by atomic mass is 10.7. The van der Waals surface area contributed by atoms with Crippen LogP contribution in [0, 0.1) is 10.1 Å². The van der Waals surface area contributed by atoms with E-state index < -0.39 is 17.6 Å². The number of carbonyl (C=O) groups is 1. The zero-order valence-electron chi connectivity index (χ0n) is 5.49. The number of halogens is 1. The van der Waals surface area contributed by atoms with Crippen LogP contribution in [0.3, 0.4) is 0 Å². The summed E-state index contributed by atoms with van der Waals surface area (Å²) in [6.07, 6.45) is -0.998. The Labute approximate surface area is 67.2 Å². The van der Waals surface area contributed by atoms with Crippen molar-refractivity contribution in [2.75, 3.05) is 19.2 Å². The molecule has 64 valence electrons. The smallest absolute Gasteiger partial charge is 0.427 e. The Balaban J connectivity index is 3.24. The van der Waals surface area contributed by atoms with Gasteiger partial charge in [-0.1, -0.05) is 11.6 Å². The van der Waals surface area contributed by atoms with Gasteiger partial charge in [0.1, 0.15) is 0 Å². The highest BCUT2D eigenvalue weighted by atomic mass is 35.5. The minimum absolute atomic E-state index is 0.303. The van der Waals surface area contributed by atoms with Gasteiger partial charge in [0.2, 0.25) is 6.54 Å². The highest BCUT2D eigenvalue weighted by Crippen LogP contribution is 1.86. The van der Waals surface area contributed by atoms with Gasteiger partial charge in [-0.3, -0.25) is 10.1 Å². The zero-order valence-corrected chi connectivity index (χ0v) is 6.24. The minimum Gasteiger partial charge on any atom is -0.427 e. The first-order valence-corrected chi connectivity index (χ1v) is 3.17. The molecule has 0 saturated heterocycles. The van der Waals surface area contributed by atoms with Crippen molar-refractivity contribution in [2.45, 2.75) is 0 Å². The highest BCUT2D eigenvalue weighted by Gasteiger charge is 2.04. The quantitative estimate of drug-likeness (QED) is 0.276. The number of nitrogens with zero attached hydrogens (tertiary/aromatic N) is 1. The summed E-state index contributed by atoms with van der Waals surface area (Å²) in [5.74, 6) is 0. The molecule has 0 N–H and O–H groups in total. The minimum atomic E-state index is -0.998. The Morgan fingerprint density at radius 1 is 1.55 bits per heavy atom. The van der Waals surface area contributed by atoms with E-state index in [-0.39, 0.29) is 12.7 Å². The monoisotopic (exact) mass is 183 g/mol. The number of hydrogen-bond acceptors (Lipinski definition) is 5. The van der Waals surface area contributed by atoms with Crippen LogP contribution in [0.25, 0.3) is 0 Å². The molecule has 0 rings (SSSR count). The third-order valence-corrected chi connectivity index (χ3v) is 0.775. The number of hydrogen-bond donors (Lipinski definition) is 0. The summed E-state index contributed by atoms with van der Waals surface area (Å²) in [5, 5.41) is 9.69. The van der Waals surface area contributed by atoms with Crippen LogP contribution in [0.1, 0.15) is 0 Å². The standard InChI is InChI=1S/C4H6ClNO5/c5-3-11-4(7)10-2-1-6(8)9/h1-3H2. The van der Waals surface area contributed by atoms with Gasteiger partial charge in [-0.15, -0.1) is 0 Å². The molecular formula is C4H6ClNO5. The molecule has 0 fully saturated rings. The van der Waals surface area contributed by atoms with E-state index >= 15 is 0 Å². The second-order valence-corrected chi connectivity index (χ2v) is 1.63. The van der Waals surface area contributed by atoms with Crippen LogP contribution in [0.4, 0.5) is 4.79 Å². The molecule has 0 radical (unpaired) electrons. The van der Waals surface area contributed by atoms with Gasteiger partial charge >= 0.3 is 6.16 Å². The van der Waals surface area contributed by atoms with E-state index in [0.29, 0.717) is 0 Å². The summed E-state index contributed by atoms with van der Waals surface area (Å²) in [7, 11) is 0. The maximum Gasteiger partial charge on any atom is 0.509 e. The summed E-state index contributed by atoms with van der Waals surface area (Å²) in [6.45, 7) is -0.736. The van der Waals surface area contributed by atoms with Gasteiger partial charge in [-0.05, 0) is 0 Å². The molecule has 7 heteroatoms. The Morgan fingerprint density at radius 2 is 2.18 bits per heavy atom. The van der Waals surface area contributed by atoms with Gasteiger partial charge in [0.25, 0.3) is 0 Å². The molecule has 0 aliphatic rings. The number of rotatable bonds is 4. The molecule has 0 aliphatic carbocycles. The average molecular weight is 184 g/mol. The first-order valence-electron chi connectivity index (χ1n) is 2.64. The van der Waals surface area contributed by atoms with Gasteiger partial charge in [0.15, 0.2) is 12.7 Å². The van der Waals surface area contributed by atoms with E-state index in [4.69, 9.17) is 11.6 Å². The first kappa shape index (κ1) is 9.96. The molecular weight excluding hydrogens is 177 g/mol. The van der Waals surface area contributed by atoms with E-state index in [2.05, 4.69) is 9.47 Å². The second kappa shape index (κ2) is 5.72. The maximum absolute atomic E-state index is 10.3. The van der Waals surface area contributed by atoms with Crippen LogP contribution in [0.5, 0.6) is 0 Å². The van der Waals surface area contributed by atoms with Crippen LogP contribution in [-0.2, 0) is 9.47 Å². The van der Waals surface area contributed by atoms with Crippen molar-refractivity contribution in [3.63, 3.8) is 0 Å². The summed E-state index contributed by atoms with van der Waals surface area (Å²) in [4.78, 5) is 19.4. The van der Waals surface area contributed by atoms with Gasteiger partial charge in [0, 0.05) is 4.92 Å². The van der Waals surface area contributed by atoms with Crippen molar-refractivity contribution < 1.29 is 19.2 Å². The third-order valence-electron chi connectivity index (χ3n) is 0.666. The number of ether oxygens (including phenoxy) is 2. The molecule has 0 atom stereocenters. The first-order chi connectivity index (χ1) is 5.16. The van der Waals surface area contributed by atoms with Crippen molar-refractivity contribution >= 4 is 17.8 Å². The van der Waals surface area contributed by atoms with Crippen molar-refractivity contribution in [1.82, 2.24) is 0 Å². The Hall–Kier alpha value is -1.04. The molecule has 0 aromatic carbocycles. The molecule has 0 unspecified atom stereocenters. The lowest BCUT2D eigenvalue weighted by Crippen LogP contribution is -2.14. The lowest BCUT2D eigenvalue weighted by molar-refractivity contribution is -0.482. The van der Waals surface area contributed by atoms with Gasteiger partial charge < -0.3 is 9.47 Å². The van der Waals surface area contributed by atoms with Gasteiger partial charge in [-0.2, -0.15) is 0 Å². The molecule has 0 aromatic rings. The fourth-order valence-electron chi connectivity index (χ4n) is 0.290. The van der Waals surface area contributed by atoms with Crippen molar-refractivity contribution in [2.24, 2.45) is 0 Å². The summed E-state index contributed by atoms with van der Waals surface area (Å²) in [6, 6.07) is -0.322. The topological polar surface area (TPSA) is 78.7 Å². The zero-order chi connectivity index (χ0) is 8.69. The third kappa shape index (κ3) is 6.85. The van der Waals surface area contributed by atoms with E-state index in [1.165, 1.54) is 0 Å². The Morgan fingerprint density at radius 3 is 2.64 bits per heavy atom. The van der Waals surface area contributed by atoms with Crippen LogP contribution in [0.2, 0.25) is 0 Å². The van der Waals surface area contributed by atoms with E-state index in [1.54, 1.807) is 0 Å². The number of alkyl halides is 1. The largest absolute Gasteiger partial charge is 0.509 e. The predicted molar refractivity (Wildman–Crippen MR) is 35.0 cm³/mol. The maximum atomic E-state index is 10.3. The molecule has 0 amide bonds. The van der Waals surface area contributed by atoms with E-state index in [0.717, 1.165) is 0 Å². The fraction of sp³-hybridized carbons (Fsp3) is 0.750. The van der Waals surface area contributed by atoms with Gasteiger partial charge in [-0.25, -0.2) is 4.79 Å². The summed E-state index contributed by atoms with van der Waals surface area (Å²) < 4.78 is 8.31. The van der Waals surface area contributed by atoms with E-state index in [9.17, 15) is 14.9 Å². The van der Waals surface area contributed by atoms with Crippen molar-refractivity contribution in [3.05, 3.63) is 10.1 Å².